The first-order valence-electron chi connectivity index (χ1n) is 9.62. The number of nitrogens with zero attached hydrogens (tertiary/aromatic N) is 1. The third kappa shape index (κ3) is 3.27. The van der Waals surface area contributed by atoms with Gasteiger partial charge in [0.2, 0.25) is 0 Å². The molecule has 1 fully saturated rings. The van der Waals surface area contributed by atoms with Crippen LogP contribution in [0.1, 0.15) is 43.7 Å². The molecule has 1 aliphatic carbocycles. The Hall–Kier alpha value is -1.85. The molecule has 3 atom stereocenters. The molecule has 144 valence electrons. The molecule has 27 heavy (non-hydrogen) atoms. The van der Waals surface area contributed by atoms with Crippen LogP contribution < -0.4 is 0 Å². The average Bonchev–Trinajstić information content (AvgIpc) is 2.95. The van der Waals surface area contributed by atoms with Crippen LogP contribution in [0.25, 0.3) is 0 Å². The smallest absolute Gasteiger partial charge is 0.290 e. The first-order chi connectivity index (χ1) is 13.1. The van der Waals surface area contributed by atoms with Crippen molar-refractivity contribution in [2.45, 2.75) is 44.2 Å². The number of halogens is 1. The lowest BCUT2D eigenvalue weighted by Crippen LogP contribution is -2.39. The second-order valence-electron chi connectivity index (χ2n) is 7.46. The summed E-state index contributed by atoms with van der Waals surface area (Å²) >= 11 is 6.20. The fraction of sp³-hybridized carbons (Fsp3) is 0.524. The van der Waals surface area contributed by atoms with Crippen LogP contribution in [0.5, 0.6) is 0 Å². The summed E-state index contributed by atoms with van der Waals surface area (Å²) in [5.41, 5.74) is 1.37. The van der Waals surface area contributed by atoms with Crippen LogP contribution in [0.2, 0.25) is 5.02 Å². The van der Waals surface area contributed by atoms with Gasteiger partial charge in [0.25, 0.3) is 5.91 Å². The number of ketones is 1. The first kappa shape index (κ1) is 18.5. The van der Waals surface area contributed by atoms with Gasteiger partial charge in [0, 0.05) is 25.3 Å². The van der Waals surface area contributed by atoms with Crippen molar-refractivity contribution < 1.29 is 19.1 Å². The van der Waals surface area contributed by atoms with Gasteiger partial charge in [0.05, 0.1) is 17.5 Å². The van der Waals surface area contributed by atoms with Gasteiger partial charge in [-0.2, -0.15) is 0 Å². The zero-order valence-electron chi connectivity index (χ0n) is 15.4. The van der Waals surface area contributed by atoms with Crippen LogP contribution in [0.3, 0.4) is 0 Å². The summed E-state index contributed by atoms with van der Waals surface area (Å²) < 4.78 is 11.3. The molecule has 1 aromatic rings. The van der Waals surface area contributed by atoms with E-state index >= 15 is 0 Å². The number of carbonyl (C=O) groups excluding carboxylic acids is 2. The Morgan fingerprint density at radius 1 is 1.26 bits per heavy atom. The average molecular weight is 390 g/mol. The highest BCUT2D eigenvalue weighted by atomic mass is 35.5. The van der Waals surface area contributed by atoms with E-state index in [1.165, 1.54) is 0 Å². The lowest BCUT2D eigenvalue weighted by molar-refractivity contribution is -0.135. The maximum atomic E-state index is 13.4. The SMILES string of the molecule is COCCCN1C(=O)C2=C(C(=O)C3CCCCC3O2)C1c1cccc(Cl)c1. The van der Waals surface area contributed by atoms with Crippen LogP contribution in [0.4, 0.5) is 0 Å². The van der Waals surface area contributed by atoms with E-state index in [9.17, 15) is 9.59 Å². The van der Waals surface area contributed by atoms with Gasteiger partial charge in [-0.3, -0.25) is 9.59 Å². The molecular weight excluding hydrogens is 366 g/mol. The number of amides is 1. The van der Waals surface area contributed by atoms with E-state index in [4.69, 9.17) is 21.1 Å². The fourth-order valence-electron chi connectivity index (χ4n) is 4.53. The van der Waals surface area contributed by atoms with Crippen molar-refractivity contribution in [3.05, 3.63) is 46.2 Å². The molecule has 3 aliphatic rings. The second kappa shape index (κ2) is 7.64. The molecule has 0 radical (unpaired) electrons. The lowest BCUT2D eigenvalue weighted by atomic mass is 9.77. The van der Waals surface area contributed by atoms with Crippen molar-refractivity contribution in [1.82, 2.24) is 4.90 Å². The molecule has 2 aliphatic heterocycles. The van der Waals surface area contributed by atoms with Gasteiger partial charge in [-0.1, -0.05) is 30.2 Å². The number of hydrogen-bond donors (Lipinski definition) is 0. The number of fused-ring (bicyclic) bond motifs is 1. The minimum absolute atomic E-state index is 0.0773. The Kier molecular flexibility index (Phi) is 5.24. The summed E-state index contributed by atoms with van der Waals surface area (Å²) in [6.07, 6.45) is 4.29. The van der Waals surface area contributed by atoms with E-state index in [0.717, 1.165) is 31.2 Å². The maximum absolute atomic E-state index is 13.4. The van der Waals surface area contributed by atoms with Gasteiger partial charge < -0.3 is 14.4 Å². The van der Waals surface area contributed by atoms with Crippen LogP contribution in [-0.4, -0.2) is 43.0 Å². The van der Waals surface area contributed by atoms with Crippen molar-refractivity contribution in [2.24, 2.45) is 5.92 Å². The van der Waals surface area contributed by atoms with Crippen LogP contribution in [0.15, 0.2) is 35.6 Å². The largest absolute Gasteiger partial charge is 0.483 e. The normalized spacial score (nSPS) is 27.5. The summed E-state index contributed by atoms with van der Waals surface area (Å²) in [7, 11) is 1.64. The molecule has 1 saturated carbocycles. The van der Waals surface area contributed by atoms with Crippen molar-refractivity contribution in [1.29, 1.82) is 0 Å². The van der Waals surface area contributed by atoms with Crippen molar-refractivity contribution in [3.8, 4) is 0 Å². The molecular formula is C21H24ClNO4. The molecule has 0 bridgehead atoms. The van der Waals surface area contributed by atoms with E-state index in [1.807, 2.05) is 18.2 Å². The highest BCUT2D eigenvalue weighted by Gasteiger charge is 2.51. The lowest BCUT2D eigenvalue weighted by Gasteiger charge is -2.35. The van der Waals surface area contributed by atoms with E-state index in [2.05, 4.69) is 0 Å². The Morgan fingerprint density at radius 3 is 2.85 bits per heavy atom. The standard InChI is InChI=1S/C21H24ClNO4/c1-26-11-5-10-23-18(13-6-4-7-14(22)12-13)17-19(24)15-8-2-3-9-16(15)27-20(17)21(23)25/h4,6-7,12,15-16,18H,2-3,5,8-11H2,1H3. The summed E-state index contributed by atoms with van der Waals surface area (Å²) in [6.45, 7) is 1.06. The van der Waals surface area contributed by atoms with Crippen LogP contribution in [0, 0.1) is 5.92 Å². The van der Waals surface area contributed by atoms with Gasteiger partial charge >= 0.3 is 0 Å². The summed E-state index contributed by atoms with van der Waals surface area (Å²) in [4.78, 5) is 28.2. The molecule has 1 aromatic carbocycles. The van der Waals surface area contributed by atoms with Gasteiger partial charge in [-0.25, -0.2) is 0 Å². The van der Waals surface area contributed by atoms with Gasteiger partial charge in [0.15, 0.2) is 11.5 Å². The number of rotatable bonds is 5. The van der Waals surface area contributed by atoms with Gasteiger partial charge in [0.1, 0.15) is 6.10 Å². The zero-order valence-corrected chi connectivity index (χ0v) is 16.2. The molecule has 0 spiro atoms. The maximum Gasteiger partial charge on any atom is 0.290 e. The number of benzene rings is 1. The highest BCUT2D eigenvalue weighted by Crippen LogP contribution is 2.46. The van der Waals surface area contributed by atoms with Gasteiger partial charge in [-0.15, -0.1) is 0 Å². The molecule has 2 heterocycles. The summed E-state index contributed by atoms with van der Waals surface area (Å²) in [6, 6.07) is 6.97. The Morgan fingerprint density at radius 2 is 2.07 bits per heavy atom. The number of hydrogen-bond acceptors (Lipinski definition) is 4. The highest BCUT2D eigenvalue weighted by molar-refractivity contribution is 6.30. The monoisotopic (exact) mass is 389 g/mol. The summed E-state index contributed by atoms with van der Waals surface area (Å²) in [5, 5.41) is 0.588. The predicted molar refractivity (Wildman–Crippen MR) is 101 cm³/mol. The second-order valence-corrected chi connectivity index (χ2v) is 7.89. The topological polar surface area (TPSA) is 55.8 Å². The molecule has 0 N–H and O–H groups in total. The third-order valence-corrected chi connectivity index (χ3v) is 6.01. The van der Waals surface area contributed by atoms with Crippen molar-refractivity contribution in [3.63, 3.8) is 0 Å². The number of methoxy groups -OCH3 is 1. The van der Waals surface area contributed by atoms with E-state index in [-0.39, 0.29) is 29.5 Å². The molecule has 6 heteroatoms. The van der Waals surface area contributed by atoms with E-state index < -0.39 is 6.04 Å². The zero-order chi connectivity index (χ0) is 19.0. The quantitative estimate of drug-likeness (QED) is 0.721. The minimum Gasteiger partial charge on any atom is -0.483 e. The Balaban J connectivity index is 1.74. The molecule has 0 aromatic heterocycles. The Labute approximate surface area is 164 Å². The molecule has 1 amide bonds. The number of ether oxygens (including phenoxy) is 2. The molecule has 4 rings (SSSR count). The number of carbonyl (C=O) groups is 2. The molecule has 3 unspecified atom stereocenters. The van der Waals surface area contributed by atoms with Crippen molar-refractivity contribution in [2.75, 3.05) is 20.3 Å². The fourth-order valence-corrected chi connectivity index (χ4v) is 4.72. The molecule has 5 nitrogen and oxygen atoms in total. The van der Waals surface area contributed by atoms with Gasteiger partial charge in [-0.05, 0) is 43.4 Å². The summed E-state index contributed by atoms with van der Waals surface area (Å²) in [5.74, 6) is 0.00780. The predicted octanol–water partition coefficient (Wildman–Crippen LogP) is 3.67. The first-order valence-corrected chi connectivity index (χ1v) is 10.00. The van der Waals surface area contributed by atoms with Crippen molar-refractivity contribution >= 4 is 23.3 Å². The molecule has 0 saturated heterocycles. The van der Waals surface area contributed by atoms with Crippen LogP contribution >= 0.6 is 11.6 Å². The third-order valence-electron chi connectivity index (χ3n) is 5.77. The van der Waals surface area contributed by atoms with E-state index in [0.29, 0.717) is 30.2 Å². The Bertz CT molecular complexity index is 790. The number of Topliss-reactive ketones (excluding diaryl/α,β-unsaturated/α-hetero) is 1. The van der Waals surface area contributed by atoms with Crippen LogP contribution in [-0.2, 0) is 19.1 Å². The van der Waals surface area contributed by atoms with E-state index in [1.54, 1.807) is 18.1 Å². The minimum atomic E-state index is -0.432.